The third-order valence-electron chi connectivity index (χ3n) is 5.06. The van der Waals surface area contributed by atoms with Crippen LogP contribution in [0.2, 0.25) is 0 Å². The SMILES string of the molecule is O=C1OC2(c3ccc(OS(=O)(=O)O)cc3Oc3cc(OS(=O)(=O)O)ccc32)c2ccccc21. The van der Waals surface area contributed by atoms with Crippen LogP contribution in [0.5, 0.6) is 23.0 Å². The van der Waals surface area contributed by atoms with E-state index in [-0.39, 0.29) is 28.6 Å². The molecule has 13 heteroatoms. The maximum absolute atomic E-state index is 12.7. The predicted molar refractivity (Wildman–Crippen MR) is 109 cm³/mol. The topological polar surface area (TPSA) is 163 Å². The second-order valence-corrected chi connectivity index (χ2v) is 9.10. The minimum absolute atomic E-state index is 0.00263. The van der Waals surface area contributed by atoms with E-state index in [0.717, 1.165) is 12.1 Å². The smallest absolute Gasteiger partial charge is 0.446 e. The molecule has 170 valence electrons. The largest absolute Gasteiger partial charge is 0.456 e. The van der Waals surface area contributed by atoms with Gasteiger partial charge in [0.1, 0.15) is 23.0 Å². The van der Waals surface area contributed by atoms with Crippen molar-refractivity contribution in [3.05, 3.63) is 82.9 Å². The van der Waals surface area contributed by atoms with Gasteiger partial charge in [-0.05, 0) is 30.3 Å². The molecule has 0 unspecified atom stereocenters. The van der Waals surface area contributed by atoms with Crippen molar-refractivity contribution in [3.63, 3.8) is 0 Å². The molecule has 2 N–H and O–H groups in total. The fraction of sp³-hybridized carbons (Fsp3) is 0.0500. The molecule has 0 bridgehead atoms. The zero-order valence-corrected chi connectivity index (χ0v) is 17.8. The maximum atomic E-state index is 12.7. The summed E-state index contributed by atoms with van der Waals surface area (Å²) in [5.74, 6) is -1.22. The monoisotopic (exact) mass is 492 g/mol. The standard InChI is InChI=1S/C20H12O11S2/c21-19-13-3-1-2-4-14(13)20(29-19)15-7-5-11(30-32(22,23)24)9-17(15)28-18-10-12(6-8-16(18)20)31-33(25,26)27/h1-10H,(H,22,23,24)(H,25,26,27). The number of hydrogen-bond acceptors (Lipinski definition) is 9. The van der Waals surface area contributed by atoms with Crippen LogP contribution in [-0.4, -0.2) is 31.9 Å². The van der Waals surface area contributed by atoms with Crippen molar-refractivity contribution in [3.8, 4) is 23.0 Å². The molecule has 0 aliphatic carbocycles. The van der Waals surface area contributed by atoms with Gasteiger partial charge in [0.2, 0.25) is 0 Å². The van der Waals surface area contributed by atoms with Crippen molar-refractivity contribution in [2.24, 2.45) is 0 Å². The van der Waals surface area contributed by atoms with Gasteiger partial charge in [-0.25, -0.2) is 4.79 Å². The first kappa shape index (κ1) is 21.2. The van der Waals surface area contributed by atoms with Crippen LogP contribution >= 0.6 is 0 Å². The molecular weight excluding hydrogens is 480 g/mol. The Labute approximate surface area is 187 Å². The van der Waals surface area contributed by atoms with Gasteiger partial charge in [-0.2, -0.15) is 16.8 Å². The average Bonchev–Trinajstić information content (AvgIpc) is 2.99. The first-order valence-electron chi connectivity index (χ1n) is 9.10. The highest BCUT2D eigenvalue weighted by Crippen LogP contribution is 2.57. The average molecular weight is 492 g/mol. The van der Waals surface area contributed by atoms with Gasteiger partial charge in [0, 0.05) is 28.8 Å². The van der Waals surface area contributed by atoms with Crippen molar-refractivity contribution < 1.29 is 48.6 Å². The van der Waals surface area contributed by atoms with Crippen LogP contribution in [0.15, 0.2) is 60.7 Å². The fourth-order valence-electron chi connectivity index (χ4n) is 3.98. The van der Waals surface area contributed by atoms with E-state index in [1.165, 1.54) is 24.3 Å². The van der Waals surface area contributed by atoms with Crippen LogP contribution in [-0.2, 0) is 31.1 Å². The molecule has 33 heavy (non-hydrogen) atoms. The van der Waals surface area contributed by atoms with Crippen LogP contribution < -0.4 is 13.1 Å². The normalized spacial score (nSPS) is 15.6. The molecule has 11 nitrogen and oxygen atoms in total. The molecule has 0 atom stereocenters. The highest BCUT2D eigenvalue weighted by molar-refractivity contribution is 7.81. The number of carbonyl (C=O) groups is 1. The molecule has 5 rings (SSSR count). The van der Waals surface area contributed by atoms with E-state index in [2.05, 4.69) is 8.37 Å². The quantitative estimate of drug-likeness (QED) is 0.406. The lowest BCUT2D eigenvalue weighted by Crippen LogP contribution is -2.33. The third kappa shape index (κ3) is 3.56. The second kappa shape index (κ2) is 6.92. The zero-order valence-electron chi connectivity index (χ0n) is 16.2. The molecular formula is C20H12O11S2. The molecule has 3 aromatic carbocycles. The number of hydrogen-bond donors (Lipinski definition) is 2. The second-order valence-electron chi connectivity index (χ2n) is 7.06. The molecule has 3 aromatic rings. The Bertz CT molecular complexity index is 1460. The predicted octanol–water partition coefficient (Wildman–Crippen LogP) is 2.62. The molecule has 2 aliphatic heterocycles. The Morgan fingerprint density at radius 3 is 1.76 bits per heavy atom. The van der Waals surface area contributed by atoms with E-state index in [0.29, 0.717) is 16.7 Å². The summed E-state index contributed by atoms with van der Waals surface area (Å²) < 4.78 is 83.1. The van der Waals surface area contributed by atoms with E-state index in [1.54, 1.807) is 24.3 Å². The number of carbonyl (C=O) groups excluding carboxylic acids is 1. The summed E-state index contributed by atoms with van der Waals surface area (Å²) in [6, 6.07) is 14.2. The van der Waals surface area contributed by atoms with Gasteiger partial charge in [-0.1, -0.05) is 18.2 Å². The van der Waals surface area contributed by atoms with Crippen molar-refractivity contribution >= 4 is 26.8 Å². The van der Waals surface area contributed by atoms with Gasteiger partial charge in [-0.3, -0.25) is 9.11 Å². The third-order valence-corrected chi connectivity index (χ3v) is 5.87. The molecule has 0 fully saturated rings. The van der Waals surface area contributed by atoms with Crippen LogP contribution in [0.4, 0.5) is 0 Å². The van der Waals surface area contributed by atoms with Gasteiger partial charge < -0.3 is 17.8 Å². The van der Waals surface area contributed by atoms with Crippen molar-refractivity contribution in [2.75, 3.05) is 0 Å². The molecule has 0 saturated heterocycles. The van der Waals surface area contributed by atoms with Crippen LogP contribution in [0.25, 0.3) is 0 Å². The minimum atomic E-state index is -4.83. The van der Waals surface area contributed by atoms with Crippen LogP contribution in [0, 0.1) is 0 Å². The number of rotatable bonds is 4. The molecule has 0 radical (unpaired) electrons. The van der Waals surface area contributed by atoms with Gasteiger partial charge in [-0.15, -0.1) is 0 Å². The lowest BCUT2D eigenvalue weighted by atomic mass is 9.77. The number of esters is 1. The van der Waals surface area contributed by atoms with Crippen molar-refractivity contribution in [1.82, 2.24) is 0 Å². The summed E-state index contributed by atoms with van der Waals surface area (Å²) in [6.45, 7) is 0. The van der Waals surface area contributed by atoms with Gasteiger partial charge in [0.15, 0.2) is 5.60 Å². The van der Waals surface area contributed by atoms with Crippen LogP contribution in [0.3, 0.4) is 0 Å². The zero-order chi connectivity index (χ0) is 23.6. The van der Waals surface area contributed by atoms with E-state index in [1.807, 2.05) is 0 Å². The highest BCUT2D eigenvalue weighted by atomic mass is 32.3. The number of fused-ring (bicyclic) bond motifs is 6. The molecule has 0 amide bonds. The maximum Gasteiger partial charge on any atom is 0.446 e. The molecule has 2 heterocycles. The van der Waals surface area contributed by atoms with Gasteiger partial charge in [0.05, 0.1) is 5.56 Å². The summed E-state index contributed by atoms with van der Waals surface area (Å²) >= 11 is 0. The summed E-state index contributed by atoms with van der Waals surface area (Å²) in [7, 11) is -9.66. The number of ether oxygens (including phenoxy) is 2. The van der Waals surface area contributed by atoms with E-state index >= 15 is 0 Å². The molecule has 1 spiro atoms. The molecule has 2 aliphatic rings. The molecule has 0 saturated carbocycles. The lowest BCUT2D eigenvalue weighted by molar-refractivity contribution is 0.0224. The minimum Gasteiger partial charge on any atom is -0.456 e. The summed E-state index contributed by atoms with van der Waals surface area (Å²) in [5, 5.41) is 0. The van der Waals surface area contributed by atoms with E-state index in [4.69, 9.17) is 18.6 Å². The Morgan fingerprint density at radius 2 is 1.24 bits per heavy atom. The number of benzene rings is 3. The van der Waals surface area contributed by atoms with Crippen molar-refractivity contribution in [1.29, 1.82) is 0 Å². The van der Waals surface area contributed by atoms with Crippen molar-refractivity contribution in [2.45, 2.75) is 5.60 Å². The Balaban J connectivity index is 1.76. The lowest BCUT2D eigenvalue weighted by Gasteiger charge is -2.36. The van der Waals surface area contributed by atoms with E-state index < -0.39 is 32.4 Å². The summed E-state index contributed by atoms with van der Waals surface area (Å²) in [5.41, 5.74) is -0.136. The summed E-state index contributed by atoms with van der Waals surface area (Å²) in [6.07, 6.45) is 0. The van der Waals surface area contributed by atoms with Gasteiger partial charge in [0.25, 0.3) is 0 Å². The fourth-order valence-corrected chi connectivity index (χ4v) is 4.68. The summed E-state index contributed by atoms with van der Waals surface area (Å²) in [4.78, 5) is 12.7. The molecule has 0 aromatic heterocycles. The van der Waals surface area contributed by atoms with Crippen LogP contribution in [0.1, 0.15) is 27.0 Å². The Kier molecular flexibility index (Phi) is 4.45. The first-order chi connectivity index (χ1) is 15.5. The Hall–Kier alpha value is -3.65. The highest BCUT2D eigenvalue weighted by Gasteiger charge is 2.53. The first-order valence-corrected chi connectivity index (χ1v) is 11.8. The van der Waals surface area contributed by atoms with E-state index in [9.17, 15) is 21.6 Å². The van der Waals surface area contributed by atoms with Gasteiger partial charge >= 0.3 is 26.8 Å². The Morgan fingerprint density at radius 1 is 0.727 bits per heavy atom.